The van der Waals surface area contributed by atoms with Crippen LogP contribution in [0.25, 0.3) is 0 Å². The van der Waals surface area contributed by atoms with Crippen LogP contribution in [0.1, 0.15) is 0 Å². The van der Waals surface area contributed by atoms with Gasteiger partial charge in [0.15, 0.2) is 0 Å². The van der Waals surface area contributed by atoms with Crippen molar-refractivity contribution in [2.45, 2.75) is -0.311 Å². The van der Waals surface area contributed by atoms with Crippen LogP contribution < -0.4 is 20.1 Å². The van der Waals surface area contributed by atoms with E-state index in [1.807, 2.05) is 0 Å². The Labute approximate surface area is 76.8 Å². The minimum atomic E-state index is -1.14. The number of halogens is 5. The van der Waals surface area contributed by atoms with E-state index in [0.717, 1.165) is 0 Å². The Hall–Kier alpha value is 2.41. The molecule has 0 rings (SSSR count). The maximum absolute atomic E-state index is 12.0. The van der Waals surface area contributed by atoms with Crippen LogP contribution in [0.4, 0.5) is 4.39 Å². The molecule has 0 aliphatic heterocycles. The zero-order chi connectivity index (χ0) is 5.21. The summed E-state index contributed by atoms with van der Waals surface area (Å²) in [6.45, 7) is 0. The zero-order valence-corrected chi connectivity index (χ0v) is 9.62. The van der Waals surface area contributed by atoms with Crippen molar-refractivity contribution in [2.24, 2.45) is 0 Å². The molecule has 0 saturated heterocycles. The van der Waals surface area contributed by atoms with Crippen molar-refractivity contribution in [2.75, 3.05) is 0 Å². The monoisotopic (exact) mass is 447 g/mol. The standard InChI is InChI=1S/CClFI3/c2-6-1(3,4)5/q-1. The minimum absolute atomic E-state index is 0.757. The van der Waals surface area contributed by atoms with E-state index < -0.39 is 19.8 Å². The molecule has 0 heterocycles. The summed E-state index contributed by atoms with van der Waals surface area (Å²) < 4.78 is 10.9. The van der Waals surface area contributed by atoms with Gasteiger partial charge in [0.25, 0.3) is 0 Å². The molecule has 0 aliphatic rings. The molecule has 0 aromatic rings. The van der Waals surface area contributed by atoms with Gasteiger partial charge in [-0.05, 0) is 0 Å². The molecule has 5 heteroatoms. The Kier molecular flexibility index (Phi) is 4.82. The van der Waals surface area contributed by atoms with Crippen LogP contribution in [0.5, 0.6) is 0 Å². The Morgan fingerprint density at radius 1 is 1.67 bits per heavy atom. The SMILES string of the molecule is FC(I)(I)[I-]Cl. The molecule has 0 nitrogen and oxygen atoms in total. The molecule has 0 amide bonds. The van der Waals surface area contributed by atoms with E-state index in [9.17, 15) is 4.39 Å². The summed E-state index contributed by atoms with van der Waals surface area (Å²) in [6.07, 6.45) is 0. The summed E-state index contributed by atoms with van der Waals surface area (Å²) in [6, 6.07) is 0. The van der Waals surface area contributed by atoms with E-state index >= 15 is 0 Å². The van der Waals surface area contributed by atoms with Gasteiger partial charge >= 0.3 is 78.2 Å². The average Bonchev–Trinajstić information content (AvgIpc) is 1.35. The van der Waals surface area contributed by atoms with Gasteiger partial charge in [-0.3, -0.25) is 0 Å². The molecule has 6 heavy (non-hydrogen) atoms. The molecule has 0 N–H and O–H groups in total. The Morgan fingerprint density at radius 3 is 1.83 bits per heavy atom. The van der Waals surface area contributed by atoms with E-state index in [4.69, 9.17) is 8.91 Å². The quantitative estimate of drug-likeness (QED) is 0.382. The summed E-state index contributed by atoms with van der Waals surface area (Å²) in [5, 5.41) is 0. The van der Waals surface area contributed by atoms with Gasteiger partial charge in [0, 0.05) is 0 Å². The van der Waals surface area contributed by atoms with E-state index in [0.29, 0.717) is 0 Å². The van der Waals surface area contributed by atoms with Gasteiger partial charge in [0.05, 0.1) is 0 Å². The molecule has 0 atom stereocenters. The molecule has 0 unspecified atom stereocenters. The molecule has 40 valence electrons. The van der Waals surface area contributed by atoms with Gasteiger partial charge in [0.2, 0.25) is 0 Å². The fourth-order valence-electron chi connectivity index (χ4n) is 0. The van der Waals surface area contributed by atoms with Crippen molar-refractivity contribution < 1.29 is 24.5 Å². The number of rotatable bonds is 1. The van der Waals surface area contributed by atoms with Gasteiger partial charge in [-0.25, -0.2) is 0 Å². The van der Waals surface area contributed by atoms with Gasteiger partial charge in [-0.1, -0.05) is 0 Å². The molecule has 0 aliphatic carbocycles. The summed E-state index contributed by atoms with van der Waals surface area (Å²) >= 11 is 2.60. The van der Waals surface area contributed by atoms with Crippen LogP contribution >= 0.6 is 54.1 Å². The van der Waals surface area contributed by atoms with Crippen LogP contribution in [0.2, 0.25) is 0 Å². The van der Waals surface area contributed by atoms with Crippen molar-refractivity contribution >= 4 is 54.1 Å². The Bertz CT molecular complexity index is 40.5. The van der Waals surface area contributed by atoms with Gasteiger partial charge in [-0.2, -0.15) is 0 Å². The molecule has 0 radical (unpaired) electrons. The summed E-state index contributed by atoms with van der Waals surface area (Å²) in [5.41, 5.74) is 0. The Balaban J connectivity index is 3.17. The van der Waals surface area contributed by atoms with E-state index in [2.05, 4.69) is 0 Å². The number of hydrogen-bond acceptors (Lipinski definition) is 0. The van der Waals surface area contributed by atoms with Gasteiger partial charge < -0.3 is 0 Å². The average molecular weight is 447 g/mol. The third-order valence-corrected chi connectivity index (χ3v) is 7.83. The van der Waals surface area contributed by atoms with E-state index in [1.165, 1.54) is 0 Å². The predicted molar refractivity (Wildman–Crippen MR) is 37.7 cm³/mol. The van der Waals surface area contributed by atoms with Crippen LogP contribution in [-0.4, -0.2) is -0.311 Å². The fourth-order valence-corrected chi connectivity index (χ4v) is 0. The van der Waals surface area contributed by atoms with Crippen molar-refractivity contribution in [3.63, 3.8) is 0 Å². The normalized spacial score (nSPS) is 12.7. The van der Waals surface area contributed by atoms with Gasteiger partial charge in [-0.15, -0.1) is 0 Å². The fraction of sp³-hybridized carbons (Fsp3) is 1.00. The van der Waals surface area contributed by atoms with E-state index in [1.54, 1.807) is 45.2 Å². The van der Waals surface area contributed by atoms with Gasteiger partial charge in [0.1, 0.15) is 0 Å². The molecule has 0 spiro atoms. The van der Waals surface area contributed by atoms with Crippen molar-refractivity contribution in [3.8, 4) is 0 Å². The van der Waals surface area contributed by atoms with Crippen molar-refractivity contribution in [3.05, 3.63) is 0 Å². The third-order valence-electron chi connectivity index (χ3n) is 0.0810. The van der Waals surface area contributed by atoms with Crippen LogP contribution in [0, 0.1) is 0 Å². The maximum atomic E-state index is 12.0. The van der Waals surface area contributed by atoms with Crippen LogP contribution in [-0.2, 0) is 0 Å². The number of hydrogen-bond donors (Lipinski definition) is 0. The second-order valence-electron chi connectivity index (χ2n) is 0.500. The number of alkyl halides is 4. The second kappa shape index (κ2) is 3.44. The van der Waals surface area contributed by atoms with E-state index in [-0.39, 0.29) is 0 Å². The molecule has 0 aromatic carbocycles. The first-order valence-electron chi connectivity index (χ1n) is 0.899. The van der Waals surface area contributed by atoms with Crippen molar-refractivity contribution in [1.82, 2.24) is 0 Å². The topological polar surface area (TPSA) is 0 Å². The molecule has 0 saturated carbocycles. The molecule has 0 bridgehead atoms. The third kappa shape index (κ3) is 6.41. The molecular formula is CClFI3-. The summed E-state index contributed by atoms with van der Waals surface area (Å²) in [5.74, 6) is 0. The first-order valence-corrected chi connectivity index (χ1v) is 6.87. The summed E-state index contributed by atoms with van der Waals surface area (Å²) in [7, 11) is 5.20. The van der Waals surface area contributed by atoms with Crippen LogP contribution in [0.3, 0.4) is 0 Å². The first kappa shape index (κ1) is 8.41. The molecule has 0 aromatic heterocycles. The Morgan fingerprint density at radius 2 is 1.83 bits per heavy atom. The molecule has 0 fully saturated rings. The summed E-state index contributed by atoms with van der Waals surface area (Å²) in [4.78, 5) is 0. The predicted octanol–water partition coefficient (Wildman–Crippen LogP) is -0.320. The first-order chi connectivity index (χ1) is 2.56. The second-order valence-corrected chi connectivity index (χ2v) is 12.5. The zero-order valence-electron chi connectivity index (χ0n) is 2.39. The molecular weight excluding hydrogens is 447 g/mol. The van der Waals surface area contributed by atoms with Crippen molar-refractivity contribution in [1.29, 1.82) is 0 Å². The van der Waals surface area contributed by atoms with Crippen LogP contribution in [0.15, 0.2) is 0 Å².